The van der Waals surface area contributed by atoms with E-state index in [4.69, 9.17) is 38.9 Å². The maximum absolute atomic E-state index is 6.33. The summed E-state index contributed by atoms with van der Waals surface area (Å²) in [5.41, 5.74) is 5.38. The van der Waals surface area contributed by atoms with E-state index in [1.165, 1.54) is 0 Å². The SMILES string of the molecule is CC(C)[C@H]1COC(c2cccc(C3=N[C@@H](C(C)C)CO3)c2-c2c(C3=N[C@@H](C(C)C)CO3)cccc2C2=N[C@@H](C(C)C)CO2)=N1. The third-order valence-corrected chi connectivity index (χ3v) is 9.07. The van der Waals surface area contributed by atoms with E-state index in [0.29, 0.717) is 73.7 Å². The smallest absolute Gasteiger partial charge is 0.217 e. The molecule has 0 spiro atoms. The Hall–Kier alpha value is -3.68. The minimum absolute atomic E-state index is 0.0882. The Bertz CT molecular complexity index is 1300. The van der Waals surface area contributed by atoms with Gasteiger partial charge in [-0.3, -0.25) is 0 Å². The Morgan fingerprint density at radius 2 is 0.659 bits per heavy atom. The van der Waals surface area contributed by atoms with Crippen LogP contribution >= 0.6 is 0 Å². The zero-order valence-electron chi connectivity index (χ0n) is 27.3. The summed E-state index contributed by atoms with van der Waals surface area (Å²) in [6.07, 6.45) is 0. The molecule has 6 rings (SSSR count). The summed E-state index contributed by atoms with van der Waals surface area (Å²) in [6, 6.07) is 12.8. The first-order chi connectivity index (χ1) is 21.1. The molecule has 4 aliphatic rings. The van der Waals surface area contributed by atoms with Crippen molar-refractivity contribution in [2.24, 2.45) is 43.6 Å². The molecule has 234 valence electrons. The van der Waals surface area contributed by atoms with E-state index in [1.54, 1.807) is 0 Å². The summed E-state index contributed by atoms with van der Waals surface area (Å²) in [5, 5.41) is 0. The molecule has 0 saturated carbocycles. The molecule has 0 aliphatic carbocycles. The third-order valence-electron chi connectivity index (χ3n) is 9.07. The van der Waals surface area contributed by atoms with Crippen LogP contribution in [0.4, 0.5) is 0 Å². The van der Waals surface area contributed by atoms with Crippen LogP contribution in [0, 0.1) is 23.7 Å². The van der Waals surface area contributed by atoms with Crippen LogP contribution in [0.2, 0.25) is 0 Å². The first kappa shape index (κ1) is 30.4. The molecule has 8 heteroatoms. The van der Waals surface area contributed by atoms with Crippen molar-refractivity contribution < 1.29 is 18.9 Å². The van der Waals surface area contributed by atoms with Gasteiger partial charge in [-0.1, -0.05) is 67.5 Å². The number of benzene rings is 2. The summed E-state index contributed by atoms with van der Waals surface area (Å²) in [4.78, 5) is 20.3. The Kier molecular flexibility index (Phi) is 8.53. The zero-order chi connectivity index (χ0) is 31.1. The van der Waals surface area contributed by atoms with Crippen LogP contribution in [0.1, 0.15) is 77.6 Å². The van der Waals surface area contributed by atoms with Crippen LogP contribution in [0.15, 0.2) is 56.4 Å². The van der Waals surface area contributed by atoms with Crippen molar-refractivity contribution in [2.45, 2.75) is 79.6 Å². The molecule has 2 aromatic carbocycles. The monoisotopic (exact) mass is 598 g/mol. The Morgan fingerprint density at radius 3 is 0.841 bits per heavy atom. The van der Waals surface area contributed by atoms with E-state index in [2.05, 4.69) is 79.7 Å². The number of hydrogen-bond donors (Lipinski definition) is 0. The van der Waals surface area contributed by atoms with Gasteiger partial charge in [0.2, 0.25) is 23.6 Å². The second kappa shape index (κ2) is 12.4. The van der Waals surface area contributed by atoms with Crippen LogP contribution in [-0.4, -0.2) is 74.2 Å². The number of aliphatic imine (C=N–C) groups is 4. The second-order valence-electron chi connectivity index (χ2n) is 13.7. The van der Waals surface area contributed by atoms with Crippen molar-refractivity contribution in [1.29, 1.82) is 0 Å². The molecule has 0 unspecified atom stereocenters. The number of ether oxygens (including phenoxy) is 4. The average Bonchev–Trinajstić information content (AvgIpc) is 3.82. The molecule has 44 heavy (non-hydrogen) atoms. The summed E-state index contributed by atoms with van der Waals surface area (Å²) in [5.74, 6) is 3.96. The van der Waals surface area contributed by atoms with E-state index < -0.39 is 0 Å². The lowest BCUT2D eigenvalue weighted by molar-refractivity contribution is 0.290. The zero-order valence-corrected chi connectivity index (χ0v) is 27.3. The Morgan fingerprint density at radius 1 is 0.432 bits per heavy atom. The molecule has 0 amide bonds. The van der Waals surface area contributed by atoms with E-state index in [-0.39, 0.29) is 24.2 Å². The molecule has 4 heterocycles. The fraction of sp³-hybridized carbons (Fsp3) is 0.556. The topological polar surface area (TPSA) is 86.4 Å². The lowest BCUT2D eigenvalue weighted by Gasteiger charge is -2.20. The highest BCUT2D eigenvalue weighted by Gasteiger charge is 2.35. The lowest BCUT2D eigenvalue weighted by Crippen LogP contribution is -2.16. The van der Waals surface area contributed by atoms with Gasteiger partial charge in [-0.2, -0.15) is 0 Å². The van der Waals surface area contributed by atoms with E-state index in [9.17, 15) is 0 Å². The lowest BCUT2D eigenvalue weighted by atomic mass is 9.87. The summed E-state index contributed by atoms with van der Waals surface area (Å²) in [7, 11) is 0. The van der Waals surface area contributed by atoms with Crippen molar-refractivity contribution in [3.05, 3.63) is 58.7 Å². The fourth-order valence-corrected chi connectivity index (χ4v) is 5.87. The molecule has 2 aromatic rings. The molecule has 0 aromatic heterocycles. The normalized spacial score (nSPS) is 24.7. The van der Waals surface area contributed by atoms with Crippen LogP contribution in [0.3, 0.4) is 0 Å². The van der Waals surface area contributed by atoms with Crippen molar-refractivity contribution in [1.82, 2.24) is 0 Å². The van der Waals surface area contributed by atoms with Gasteiger partial charge < -0.3 is 18.9 Å². The Labute approximate surface area is 261 Å². The molecular weight excluding hydrogens is 552 g/mol. The molecule has 4 atom stereocenters. The van der Waals surface area contributed by atoms with Gasteiger partial charge in [0.25, 0.3) is 0 Å². The first-order valence-corrected chi connectivity index (χ1v) is 16.2. The molecular formula is C36H46N4O4. The summed E-state index contributed by atoms with van der Waals surface area (Å²) >= 11 is 0. The molecule has 4 aliphatic heterocycles. The highest BCUT2D eigenvalue weighted by Crippen LogP contribution is 2.39. The highest BCUT2D eigenvalue weighted by atomic mass is 16.5. The maximum Gasteiger partial charge on any atom is 0.217 e. The summed E-state index contributed by atoms with van der Waals surface area (Å²) < 4.78 is 25.3. The second-order valence-corrected chi connectivity index (χ2v) is 13.7. The van der Waals surface area contributed by atoms with E-state index >= 15 is 0 Å². The molecule has 0 N–H and O–H groups in total. The largest absolute Gasteiger partial charge is 0.475 e. The number of hydrogen-bond acceptors (Lipinski definition) is 8. The molecule has 8 nitrogen and oxygen atoms in total. The minimum atomic E-state index is 0.0882. The van der Waals surface area contributed by atoms with Gasteiger partial charge in [0.1, 0.15) is 26.4 Å². The predicted molar refractivity (Wildman–Crippen MR) is 176 cm³/mol. The average molecular weight is 599 g/mol. The van der Waals surface area contributed by atoms with Gasteiger partial charge >= 0.3 is 0 Å². The quantitative estimate of drug-likeness (QED) is 0.327. The van der Waals surface area contributed by atoms with Gasteiger partial charge in [0, 0.05) is 33.4 Å². The third kappa shape index (κ3) is 5.75. The molecule has 0 bridgehead atoms. The van der Waals surface area contributed by atoms with E-state index in [0.717, 1.165) is 33.4 Å². The molecule has 0 radical (unpaired) electrons. The van der Waals surface area contributed by atoms with Crippen LogP contribution in [-0.2, 0) is 18.9 Å². The van der Waals surface area contributed by atoms with Crippen LogP contribution < -0.4 is 0 Å². The van der Waals surface area contributed by atoms with E-state index in [1.807, 2.05) is 12.1 Å². The highest BCUT2D eigenvalue weighted by molar-refractivity contribution is 6.17. The first-order valence-electron chi connectivity index (χ1n) is 16.2. The molecule has 0 saturated heterocycles. The predicted octanol–water partition coefficient (Wildman–Crippen LogP) is 6.56. The van der Waals surface area contributed by atoms with Gasteiger partial charge in [0.15, 0.2) is 0 Å². The van der Waals surface area contributed by atoms with Crippen molar-refractivity contribution in [2.75, 3.05) is 26.4 Å². The van der Waals surface area contributed by atoms with Crippen LogP contribution in [0.5, 0.6) is 0 Å². The van der Waals surface area contributed by atoms with Crippen molar-refractivity contribution in [3.63, 3.8) is 0 Å². The number of rotatable bonds is 9. The van der Waals surface area contributed by atoms with Crippen molar-refractivity contribution in [3.8, 4) is 11.1 Å². The van der Waals surface area contributed by atoms with Crippen LogP contribution in [0.25, 0.3) is 11.1 Å². The van der Waals surface area contributed by atoms with Crippen molar-refractivity contribution >= 4 is 23.6 Å². The van der Waals surface area contributed by atoms with Gasteiger partial charge in [-0.15, -0.1) is 0 Å². The maximum atomic E-state index is 6.33. The van der Waals surface area contributed by atoms with Gasteiger partial charge in [0.05, 0.1) is 24.2 Å². The number of nitrogens with zero attached hydrogens (tertiary/aromatic N) is 4. The standard InChI is InChI=1S/C36H46N4O4/c1-19(2)27-15-41-33(37-27)23-11-9-12-24(34-38-28(16-42-34)20(3)4)31(23)32-25(35-39-29(17-43-35)21(5)6)13-10-14-26(32)36-40-30(18-44-36)22(7)8/h9-14,19-22,27-30H,15-18H2,1-8H3/t27-,28-,29-,30-/m1/s1. The summed E-state index contributed by atoms with van der Waals surface area (Å²) in [6.45, 7) is 19.6. The minimum Gasteiger partial charge on any atom is -0.475 e. The molecule has 0 fully saturated rings. The fourth-order valence-electron chi connectivity index (χ4n) is 5.87. The van der Waals surface area contributed by atoms with Gasteiger partial charge in [-0.05, 0) is 47.9 Å². The van der Waals surface area contributed by atoms with Gasteiger partial charge in [-0.25, -0.2) is 20.0 Å². The Balaban J connectivity index is 1.63.